The molecule has 5 nitrogen and oxygen atoms in total. The van der Waals surface area contributed by atoms with Gasteiger partial charge >= 0.3 is 5.97 Å². The van der Waals surface area contributed by atoms with E-state index in [-0.39, 0.29) is 5.97 Å². The van der Waals surface area contributed by atoms with Crippen LogP contribution in [0.25, 0.3) is 0 Å². The Balaban J connectivity index is 4.24. The third-order valence-corrected chi connectivity index (χ3v) is 2.30. The number of rotatable bonds is 11. The molecular weight excluding hydrogens is 248 g/mol. The van der Waals surface area contributed by atoms with Gasteiger partial charge < -0.3 is 18.9 Å². The largest absolute Gasteiger partial charge is 0.462 e. The van der Waals surface area contributed by atoms with Crippen LogP contribution in [0.5, 0.6) is 0 Å². The lowest BCUT2D eigenvalue weighted by Gasteiger charge is -2.32. The van der Waals surface area contributed by atoms with Gasteiger partial charge in [-0.25, -0.2) is 4.79 Å². The summed E-state index contributed by atoms with van der Waals surface area (Å²) in [4.78, 5) is 11.2. The van der Waals surface area contributed by atoms with Gasteiger partial charge in [-0.15, -0.1) is 0 Å². The molecule has 0 heterocycles. The molecule has 112 valence electrons. The highest BCUT2D eigenvalue weighted by atomic mass is 16.9. The van der Waals surface area contributed by atoms with Gasteiger partial charge in [0.2, 0.25) is 0 Å². The highest BCUT2D eigenvalue weighted by molar-refractivity contribution is 5.86. The van der Waals surface area contributed by atoms with Crippen LogP contribution in [0.15, 0.2) is 12.2 Å². The lowest BCUT2D eigenvalue weighted by Crippen LogP contribution is -2.39. The zero-order valence-corrected chi connectivity index (χ0v) is 12.5. The molecule has 0 rings (SSSR count). The van der Waals surface area contributed by atoms with Crippen LogP contribution in [0.3, 0.4) is 0 Å². The van der Waals surface area contributed by atoms with Crippen LogP contribution < -0.4 is 0 Å². The smallest absolute Gasteiger partial charge is 0.333 e. The molecule has 0 amide bonds. The highest BCUT2D eigenvalue weighted by Crippen LogP contribution is 2.22. The van der Waals surface area contributed by atoms with Crippen molar-refractivity contribution in [2.24, 2.45) is 0 Å². The molecule has 0 aliphatic heterocycles. The van der Waals surface area contributed by atoms with Crippen LogP contribution in [0, 0.1) is 0 Å². The molecule has 0 atom stereocenters. The van der Waals surface area contributed by atoms with E-state index in [9.17, 15) is 4.79 Å². The Labute approximate surface area is 115 Å². The fourth-order valence-corrected chi connectivity index (χ4v) is 1.58. The number of carbonyl (C=O) groups is 1. The Morgan fingerprint density at radius 2 is 1.53 bits per heavy atom. The van der Waals surface area contributed by atoms with E-state index < -0.39 is 5.97 Å². The second-order valence-corrected chi connectivity index (χ2v) is 4.00. The van der Waals surface area contributed by atoms with Crippen LogP contribution in [-0.4, -0.2) is 38.4 Å². The van der Waals surface area contributed by atoms with Crippen LogP contribution in [-0.2, 0) is 23.7 Å². The van der Waals surface area contributed by atoms with Gasteiger partial charge in [0.25, 0.3) is 5.97 Å². The molecule has 0 bridgehead atoms. The van der Waals surface area contributed by atoms with Crippen molar-refractivity contribution in [1.82, 2.24) is 0 Å². The Hall–Kier alpha value is -0.910. The lowest BCUT2D eigenvalue weighted by molar-refractivity contribution is -0.380. The highest BCUT2D eigenvalue weighted by Gasteiger charge is 2.31. The van der Waals surface area contributed by atoms with Gasteiger partial charge in [-0.3, -0.25) is 0 Å². The summed E-state index contributed by atoms with van der Waals surface area (Å²) in [5, 5.41) is 0. The Kier molecular flexibility index (Phi) is 9.47. The predicted molar refractivity (Wildman–Crippen MR) is 72.6 cm³/mol. The SMILES string of the molecule is C=C(C)C(=O)OCCCC(OCC)(OCC)OCC. The summed E-state index contributed by atoms with van der Waals surface area (Å²) in [6.45, 7) is 12.6. The van der Waals surface area contributed by atoms with Crippen molar-refractivity contribution < 1.29 is 23.7 Å². The van der Waals surface area contributed by atoms with Crippen molar-refractivity contribution in [3.8, 4) is 0 Å². The van der Waals surface area contributed by atoms with E-state index in [0.29, 0.717) is 44.8 Å². The fraction of sp³-hybridized carbons (Fsp3) is 0.786. The minimum Gasteiger partial charge on any atom is -0.462 e. The Bertz CT molecular complexity index is 258. The second kappa shape index (κ2) is 9.95. The maximum Gasteiger partial charge on any atom is 0.333 e. The second-order valence-electron chi connectivity index (χ2n) is 4.00. The summed E-state index contributed by atoms with van der Waals surface area (Å²) < 4.78 is 21.7. The van der Waals surface area contributed by atoms with Gasteiger partial charge in [-0.2, -0.15) is 0 Å². The molecule has 0 aliphatic carbocycles. The first kappa shape index (κ1) is 18.1. The molecular formula is C14H26O5. The van der Waals surface area contributed by atoms with Gasteiger partial charge in [0.05, 0.1) is 6.61 Å². The molecule has 0 aromatic carbocycles. The topological polar surface area (TPSA) is 54.0 Å². The molecule has 0 spiro atoms. The lowest BCUT2D eigenvalue weighted by atomic mass is 10.2. The number of hydrogen-bond donors (Lipinski definition) is 0. The van der Waals surface area contributed by atoms with Gasteiger partial charge in [0.15, 0.2) is 0 Å². The van der Waals surface area contributed by atoms with Crippen molar-refractivity contribution >= 4 is 5.97 Å². The summed E-state index contributed by atoms with van der Waals surface area (Å²) in [5.41, 5.74) is 0.394. The maximum atomic E-state index is 11.2. The minimum atomic E-state index is -1.03. The molecule has 0 fully saturated rings. The summed E-state index contributed by atoms with van der Waals surface area (Å²) >= 11 is 0. The van der Waals surface area contributed by atoms with E-state index in [1.54, 1.807) is 6.92 Å². The molecule has 0 unspecified atom stereocenters. The third-order valence-electron chi connectivity index (χ3n) is 2.30. The van der Waals surface area contributed by atoms with Crippen LogP contribution >= 0.6 is 0 Å². The van der Waals surface area contributed by atoms with E-state index in [1.165, 1.54) is 0 Å². The van der Waals surface area contributed by atoms with Crippen molar-refractivity contribution in [2.75, 3.05) is 26.4 Å². The van der Waals surface area contributed by atoms with Crippen molar-refractivity contribution in [3.05, 3.63) is 12.2 Å². The van der Waals surface area contributed by atoms with E-state index in [2.05, 4.69) is 6.58 Å². The fourth-order valence-electron chi connectivity index (χ4n) is 1.58. The third kappa shape index (κ3) is 7.30. The standard InChI is InChI=1S/C14H26O5/c1-6-17-14(18-7-2,19-8-3)10-9-11-16-13(15)12(4)5/h4,6-11H2,1-3,5H3. The molecule has 0 radical (unpaired) electrons. The maximum absolute atomic E-state index is 11.2. The average Bonchev–Trinajstić information content (AvgIpc) is 2.35. The van der Waals surface area contributed by atoms with E-state index in [0.717, 1.165) is 0 Å². The summed E-state index contributed by atoms with van der Waals surface area (Å²) in [6, 6.07) is 0. The quantitative estimate of drug-likeness (QED) is 0.251. The summed E-state index contributed by atoms with van der Waals surface area (Å²) in [5.74, 6) is -1.41. The zero-order valence-electron chi connectivity index (χ0n) is 12.5. The molecule has 0 aliphatic rings. The van der Waals surface area contributed by atoms with Crippen molar-refractivity contribution in [3.63, 3.8) is 0 Å². The Morgan fingerprint density at radius 3 is 1.89 bits per heavy atom. The summed E-state index contributed by atoms with van der Waals surface area (Å²) in [6.07, 6.45) is 1.10. The molecule has 5 heteroatoms. The van der Waals surface area contributed by atoms with E-state index in [1.807, 2.05) is 20.8 Å². The van der Waals surface area contributed by atoms with Crippen LogP contribution in [0.1, 0.15) is 40.5 Å². The monoisotopic (exact) mass is 274 g/mol. The first-order chi connectivity index (χ1) is 9.01. The molecule has 0 N–H and O–H groups in total. The molecule has 0 saturated heterocycles. The number of carbonyl (C=O) groups excluding carboxylic acids is 1. The Morgan fingerprint density at radius 1 is 1.05 bits per heavy atom. The first-order valence-electron chi connectivity index (χ1n) is 6.75. The first-order valence-corrected chi connectivity index (χ1v) is 6.75. The van der Waals surface area contributed by atoms with Crippen molar-refractivity contribution in [1.29, 1.82) is 0 Å². The van der Waals surface area contributed by atoms with Gasteiger partial charge in [0, 0.05) is 31.8 Å². The molecule has 19 heavy (non-hydrogen) atoms. The summed E-state index contributed by atoms with van der Waals surface area (Å²) in [7, 11) is 0. The number of esters is 1. The normalized spacial score (nSPS) is 11.4. The molecule has 0 aromatic rings. The number of hydrogen-bond acceptors (Lipinski definition) is 5. The minimum absolute atomic E-state index is 0.292. The zero-order chi connectivity index (χ0) is 14.7. The average molecular weight is 274 g/mol. The molecule has 0 saturated carbocycles. The van der Waals surface area contributed by atoms with Gasteiger partial charge in [-0.1, -0.05) is 6.58 Å². The van der Waals surface area contributed by atoms with Crippen molar-refractivity contribution in [2.45, 2.75) is 46.5 Å². The van der Waals surface area contributed by atoms with Crippen LogP contribution in [0.2, 0.25) is 0 Å². The van der Waals surface area contributed by atoms with E-state index in [4.69, 9.17) is 18.9 Å². The van der Waals surface area contributed by atoms with Gasteiger partial charge in [0.1, 0.15) is 0 Å². The number of ether oxygens (including phenoxy) is 4. The molecule has 0 aromatic heterocycles. The van der Waals surface area contributed by atoms with E-state index >= 15 is 0 Å². The predicted octanol–water partition coefficient (Wildman–Crippen LogP) is 2.65. The van der Waals surface area contributed by atoms with Crippen LogP contribution in [0.4, 0.5) is 0 Å². The van der Waals surface area contributed by atoms with Gasteiger partial charge in [-0.05, 0) is 34.1 Å².